The molecular formula is C19H23ClN2O4S2. The van der Waals surface area contributed by atoms with E-state index < -0.39 is 10.0 Å². The molecule has 0 atom stereocenters. The number of rotatable bonds is 9. The first-order chi connectivity index (χ1) is 13.2. The molecule has 0 heterocycles. The summed E-state index contributed by atoms with van der Waals surface area (Å²) in [4.78, 5) is 13.2. The van der Waals surface area contributed by atoms with Gasteiger partial charge in [0.15, 0.2) is 0 Å². The van der Waals surface area contributed by atoms with Crippen LogP contribution in [0.25, 0.3) is 0 Å². The monoisotopic (exact) mass is 442 g/mol. The molecule has 9 heteroatoms. The van der Waals surface area contributed by atoms with Crippen molar-refractivity contribution in [2.45, 2.75) is 17.7 Å². The van der Waals surface area contributed by atoms with Crippen molar-refractivity contribution < 1.29 is 17.9 Å². The van der Waals surface area contributed by atoms with Gasteiger partial charge in [0.05, 0.1) is 24.1 Å². The summed E-state index contributed by atoms with van der Waals surface area (Å²) in [6, 6.07) is 12.3. The van der Waals surface area contributed by atoms with Crippen LogP contribution in [-0.4, -0.2) is 40.5 Å². The number of hydrogen-bond donors (Lipinski definition) is 1. The molecule has 1 amide bonds. The van der Waals surface area contributed by atoms with E-state index in [4.69, 9.17) is 16.3 Å². The molecule has 0 aromatic heterocycles. The van der Waals surface area contributed by atoms with Gasteiger partial charge in [-0.15, -0.1) is 11.8 Å². The van der Waals surface area contributed by atoms with E-state index in [1.807, 2.05) is 30.5 Å². The molecule has 2 aromatic rings. The van der Waals surface area contributed by atoms with Gasteiger partial charge in [0.25, 0.3) is 0 Å². The highest BCUT2D eigenvalue weighted by Gasteiger charge is 2.19. The molecule has 2 rings (SSSR count). The van der Waals surface area contributed by atoms with Gasteiger partial charge in [-0.2, -0.15) is 0 Å². The molecular weight excluding hydrogens is 420 g/mol. The Hall–Kier alpha value is -1.90. The summed E-state index contributed by atoms with van der Waals surface area (Å²) >= 11 is 7.70. The maximum absolute atomic E-state index is 12.2. The molecule has 0 unspecified atom stereocenters. The molecule has 0 saturated carbocycles. The van der Waals surface area contributed by atoms with Crippen molar-refractivity contribution in [3.8, 4) is 5.75 Å². The zero-order valence-electron chi connectivity index (χ0n) is 15.9. The maximum atomic E-state index is 12.2. The average molecular weight is 443 g/mol. The molecule has 0 spiro atoms. The van der Waals surface area contributed by atoms with Gasteiger partial charge in [-0.05, 0) is 49.1 Å². The van der Waals surface area contributed by atoms with Gasteiger partial charge in [0, 0.05) is 23.5 Å². The molecule has 28 heavy (non-hydrogen) atoms. The smallest absolute Gasteiger partial charge is 0.232 e. The Labute approximate surface area is 175 Å². The van der Waals surface area contributed by atoms with E-state index >= 15 is 0 Å². The zero-order valence-corrected chi connectivity index (χ0v) is 18.3. The minimum absolute atomic E-state index is 0.166. The van der Waals surface area contributed by atoms with Crippen LogP contribution >= 0.6 is 23.4 Å². The number of nitrogens with one attached hydrogen (secondary N) is 1. The van der Waals surface area contributed by atoms with Crippen LogP contribution in [0.15, 0.2) is 47.4 Å². The summed E-state index contributed by atoms with van der Waals surface area (Å²) in [6.45, 7) is 0.166. The molecule has 152 valence electrons. The first-order valence-corrected chi connectivity index (χ1v) is 11.9. The second-order valence-corrected chi connectivity index (χ2v) is 9.23. The van der Waals surface area contributed by atoms with Crippen LogP contribution < -0.4 is 14.4 Å². The Morgan fingerprint density at radius 2 is 2.00 bits per heavy atom. The number of methoxy groups -OCH3 is 1. The number of carbonyl (C=O) groups is 1. The molecule has 0 aliphatic heterocycles. The van der Waals surface area contributed by atoms with Crippen LogP contribution in [0, 0.1) is 0 Å². The van der Waals surface area contributed by atoms with Crippen molar-refractivity contribution in [2.75, 3.05) is 35.8 Å². The first-order valence-electron chi connectivity index (χ1n) is 8.49. The fourth-order valence-corrected chi connectivity index (χ4v) is 4.27. The van der Waals surface area contributed by atoms with E-state index in [2.05, 4.69) is 5.32 Å². The highest BCUT2D eigenvalue weighted by atomic mass is 35.5. The number of anilines is 2. The Morgan fingerprint density at radius 1 is 1.25 bits per heavy atom. The molecule has 1 N–H and O–H groups in total. The van der Waals surface area contributed by atoms with Crippen LogP contribution in [0.1, 0.15) is 12.8 Å². The van der Waals surface area contributed by atoms with Gasteiger partial charge in [-0.1, -0.05) is 17.7 Å². The van der Waals surface area contributed by atoms with Gasteiger partial charge in [0.2, 0.25) is 15.9 Å². The lowest BCUT2D eigenvalue weighted by Gasteiger charge is -2.23. The Balaban J connectivity index is 2.00. The van der Waals surface area contributed by atoms with Crippen molar-refractivity contribution in [1.29, 1.82) is 0 Å². The van der Waals surface area contributed by atoms with Crippen LogP contribution in [-0.2, 0) is 14.8 Å². The minimum Gasteiger partial charge on any atom is -0.495 e. The fraction of sp³-hybridized carbons (Fsp3) is 0.316. The van der Waals surface area contributed by atoms with Crippen molar-refractivity contribution in [2.24, 2.45) is 0 Å². The lowest BCUT2D eigenvalue weighted by Crippen LogP contribution is -2.31. The number of hydrogen-bond acceptors (Lipinski definition) is 5. The van der Waals surface area contributed by atoms with Gasteiger partial charge in [-0.25, -0.2) is 8.42 Å². The first kappa shape index (κ1) is 22.4. The van der Waals surface area contributed by atoms with Crippen LogP contribution in [0.3, 0.4) is 0 Å². The largest absolute Gasteiger partial charge is 0.495 e. The number of benzene rings is 2. The molecule has 0 bridgehead atoms. The summed E-state index contributed by atoms with van der Waals surface area (Å²) in [6.07, 6.45) is 3.65. The van der Waals surface area contributed by atoms with E-state index in [1.165, 1.54) is 17.5 Å². The third-order valence-electron chi connectivity index (χ3n) is 3.94. The van der Waals surface area contributed by atoms with Gasteiger partial charge < -0.3 is 10.1 Å². The quantitative estimate of drug-likeness (QED) is 0.587. The molecule has 0 aliphatic carbocycles. The van der Waals surface area contributed by atoms with E-state index in [0.29, 0.717) is 22.9 Å². The van der Waals surface area contributed by atoms with Crippen LogP contribution in [0.4, 0.5) is 11.4 Å². The van der Waals surface area contributed by atoms with Crippen molar-refractivity contribution >= 4 is 50.7 Å². The molecule has 6 nitrogen and oxygen atoms in total. The standard InChI is InChI=1S/C19H23ClN2O4S2/c1-26-18-10-9-15(13-17(18)20)22(28(3,24)25)11-5-8-19(23)21-14-6-4-7-16(12-14)27-2/h4,6-7,9-10,12-13H,5,8,11H2,1-3H3,(H,21,23). The summed E-state index contributed by atoms with van der Waals surface area (Å²) in [5.74, 6) is 0.296. The van der Waals surface area contributed by atoms with Crippen molar-refractivity contribution in [3.63, 3.8) is 0 Å². The summed E-state index contributed by atoms with van der Waals surface area (Å²) in [5.41, 5.74) is 1.15. The Bertz CT molecular complexity index is 935. The SMILES string of the molecule is COc1ccc(N(CCCC(=O)Nc2cccc(SC)c2)S(C)(=O)=O)cc1Cl. The number of nitrogens with zero attached hydrogens (tertiary/aromatic N) is 1. The van der Waals surface area contributed by atoms with Crippen molar-refractivity contribution in [3.05, 3.63) is 47.5 Å². The summed E-state index contributed by atoms with van der Waals surface area (Å²) in [5, 5.41) is 3.15. The second-order valence-electron chi connectivity index (χ2n) is 6.04. The van der Waals surface area contributed by atoms with E-state index in [9.17, 15) is 13.2 Å². The Kier molecular flexibility index (Phi) is 8.03. The van der Waals surface area contributed by atoms with E-state index in [1.54, 1.807) is 23.9 Å². The number of sulfonamides is 1. The number of ether oxygens (including phenoxy) is 1. The second kappa shape index (κ2) is 10.0. The third-order valence-corrected chi connectivity index (χ3v) is 6.16. The lowest BCUT2D eigenvalue weighted by atomic mass is 10.2. The van der Waals surface area contributed by atoms with Gasteiger partial charge >= 0.3 is 0 Å². The number of amides is 1. The highest BCUT2D eigenvalue weighted by molar-refractivity contribution is 7.98. The zero-order chi connectivity index (χ0) is 20.7. The normalized spacial score (nSPS) is 11.1. The number of halogens is 1. The van der Waals surface area contributed by atoms with Gasteiger partial charge in [-0.3, -0.25) is 9.10 Å². The summed E-state index contributed by atoms with van der Waals surface area (Å²) in [7, 11) is -2.03. The topological polar surface area (TPSA) is 75.7 Å². The molecule has 0 saturated heterocycles. The van der Waals surface area contributed by atoms with E-state index in [-0.39, 0.29) is 18.9 Å². The van der Waals surface area contributed by atoms with E-state index in [0.717, 1.165) is 16.8 Å². The number of carbonyl (C=O) groups excluding carboxylic acids is 1. The highest BCUT2D eigenvalue weighted by Crippen LogP contribution is 2.30. The average Bonchev–Trinajstić information content (AvgIpc) is 2.64. The molecule has 0 radical (unpaired) electrons. The summed E-state index contributed by atoms with van der Waals surface area (Å²) < 4.78 is 30.7. The molecule has 0 fully saturated rings. The van der Waals surface area contributed by atoms with Crippen LogP contribution in [0.2, 0.25) is 5.02 Å². The predicted molar refractivity (Wildman–Crippen MR) is 116 cm³/mol. The third kappa shape index (κ3) is 6.32. The fourth-order valence-electron chi connectivity index (χ4n) is 2.60. The van der Waals surface area contributed by atoms with Crippen molar-refractivity contribution in [1.82, 2.24) is 0 Å². The lowest BCUT2D eigenvalue weighted by molar-refractivity contribution is -0.116. The maximum Gasteiger partial charge on any atom is 0.232 e. The number of thioether (sulfide) groups is 1. The van der Waals surface area contributed by atoms with Crippen LogP contribution in [0.5, 0.6) is 5.75 Å². The molecule has 2 aromatic carbocycles. The Morgan fingerprint density at radius 3 is 2.61 bits per heavy atom. The minimum atomic E-state index is -3.52. The van der Waals surface area contributed by atoms with Gasteiger partial charge in [0.1, 0.15) is 5.75 Å². The predicted octanol–water partition coefficient (Wildman–Crippen LogP) is 4.26. The molecule has 0 aliphatic rings.